The van der Waals surface area contributed by atoms with Crippen LogP contribution in [0.5, 0.6) is 5.75 Å². The first-order chi connectivity index (χ1) is 11.7. The van der Waals surface area contributed by atoms with Crippen molar-refractivity contribution in [1.82, 2.24) is 0 Å². The van der Waals surface area contributed by atoms with E-state index in [0.29, 0.717) is 6.61 Å². The summed E-state index contributed by atoms with van der Waals surface area (Å²) in [6, 6.07) is 22.6. The monoisotopic (exact) mass is 312 g/mol. The standard InChI is InChI=1S/C23H20O/c1-4-19-12-13-21(22-14-17(2)10-11-18(22)3)23(15-19)24-16-20-8-6-5-7-9-20/h1,5-15H,16H2,2-3H3. The fourth-order valence-electron chi connectivity index (χ4n) is 2.72. The first kappa shape index (κ1) is 15.9. The van der Waals surface area contributed by atoms with Gasteiger partial charge in [-0.3, -0.25) is 0 Å². The normalized spacial score (nSPS) is 10.2. The molecule has 0 unspecified atom stereocenters. The first-order valence-electron chi connectivity index (χ1n) is 8.02. The van der Waals surface area contributed by atoms with Gasteiger partial charge in [0.15, 0.2) is 0 Å². The summed E-state index contributed by atoms with van der Waals surface area (Å²) in [6.07, 6.45) is 5.56. The highest BCUT2D eigenvalue weighted by molar-refractivity contribution is 5.74. The second-order valence-corrected chi connectivity index (χ2v) is 5.95. The van der Waals surface area contributed by atoms with Crippen LogP contribution in [-0.2, 0) is 6.61 Å². The summed E-state index contributed by atoms with van der Waals surface area (Å²) >= 11 is 0. The van der Waals surface area contributed by atoms with E-state index >= 15 is 0 Å². The minimum Gasteiger partial charge on any atom is -0.488 e. The third kappa shape index (κ3) is 3.50. The van der Waals surface area contributed by atoms with Gasteiger partial charge in [0.2, 0.25) is 0 Å². The molecule has 0 N–H and O–H groups in total. The van der Waals surface area contributed by atoms with Crippen LogP contribution < -0.4 is 4.74 Å². The number of hydrogen-bond acceptors (Lipinski definition) is 1. The van der Waals surface area contributed by atoms with Crippen molar-refractivity contribution in [1.29, 1.82) is 0 Å². The average Bonchev–Trinajstić information content (AvgIpc) is 2.62. The van der Waals surface area contributed by atoms with Crippen molar-refractivity contribution in [3.05, 3.63) is 89.0 Å². The maximum absolute atomic E-state index is 6.12. The number of benzene rings is 3. The van der Waals surface area contributed by atoms with Gasteiger partial charge in [-0.25, -0.2) is 0 Å². The Bertz CT molecular complexity index is 886. The molecule has 0 aliphatic rings. The van der Waals surface area contributed by atoms with Crippen molar-refractivity contribution in [2.24, 2.45) is 0 Å². The van der Waals surface area contributed by atoms with E-state index in [1.54, 1.807) is 0 Å². The van der Waals surface area contributed by atoms with Crippen LogP contribution in [0.15, 0.2) is 66.7 Å². The predicted molar refractivity (Wildman–Crippen MR) is 100 cm³/mol. The SMILES string of the molecule is C#Cc1ccc(-c2cc(C)ccc2C)c(OCc2ccccc2)c1. The zero-order valence-electron chi connectivity index (χ0n) is 14.0. The second kappa shape index (κ2) is 7.06. The number of terminal acetylenes is 1. The highest BCUT2D eigenvalue weighted by Crippen LogP contribution is 2.34. The molecule has 0 amide bonds. The second-order valence-electron chi connectivity index (χ2n) is 5.95. The maximum atomic E-state index is 6.12. The fourth-order valence-corrected chi connectivity index (χ4v) is 2.72. The van der Waals surface area contributed by atoms with E-state index in [1.807, 2.05) is 30.3 Å². The molecule has 118 valence electrons. The quantitative estimate of drug-likeness (QED) is 0.575. The summed E-state index contributed by atoms with van der Waals surface area (Å²) in [5.41, 5.74) is 6.67. The van der Waals surface area contributed by atoms with Gasteiger partial charge in [-0.1, -0.05) is 60.0 Å². The zero-order valence-corrected chi connectivity index (χ0v) is 14.0. The van der Waals surface area contributed by atoms with Crippen molar-refractivity contribution in [2.75, 3.05) is 0 Å². The summed E-state index contributed by atoms with van der Waals surface area (Å²) in [4.78, 5) is 0. The van der Waals surface area contributed by atoms with Gasteiger partial charge >= 0.3 is 0 Å². The predicted octanol–water partition coefficient (Wildman–Crippen LogP) is 5.53. The van der Waals surface area contributed by atoms with Crippen molar-refractivity contribution in [3.63, 3.8) is 0 Å². The van der Waals surface area contributed by atoms with Crippen molar-refractivity contribution in [3.8, 4) is 29.2 Å². The lowest BCUT2D eigenvalue weighted by Gasteiger charge is -2.15. The van der Waals surface area contributed by atoms with Gasteiger partial charge < -0.3 is 4.74 Å². The van der Waals surface area contributed by atoms with Gasteiger partial charge in [0.05, 0.1) is 0 Å². The summed E-state index contributed by atoms with van der Waals surface area (Å²) in [7, 11) is 0. The highest BCUT2D eigenvalue weighted by atomic mass is 16.5. The summed E-state index contributed by atoms with van der Waals surface area (Å²) in [6.45, 7) is 4.74. The molecule has 3 aromatic carbocycles. The Balaban J connectivity index is 2.00. The number of hydrogen-bond donors (Lipinski definition) is 0. The zero-order chi connectivity index (χ0) is 16.9. The molecule has 0 saturated carbocycles. The van der Waals surface area contributed by atoms with E-state index in [4.69, 9.17) is 11.2 Å². The maximum Gasteiger partial charge on any atom is 0.128 e. The van der Waals surface area contributed by atoms with Crippen molar-refractivity contribution >= 4 is 0 Å². The molecule has 0 radical (unpaired) electrons. The van der Waals surface area contributed by atoms with Crippen molar-refractivity contribution in [2.45, 2.75) is 20.5 Å². The van der Waals surface area contributed by atoms with Crippen LogP contribution in [0, 0.1) is 26.2 Å². The Hall–Kier alpha value is -2.98. The Labute approximate surface area is 143 Å². The van der Waals surface area contributed by atoms with Gasteiger partial charge in [0.1, 0.15) is 12.4 Å². The Morgan fingerprint density at radius 1 is 0.875 bits per heavy atom. The molecule has 24 heavy (non-hydrogen) atoms. The molecule has 0 bridgehead atoms. The average molecular weight is 312 g/mol. The molecule has 3 aromatic rings. The molecule has 0 spiro atoms. The van der Waals surface area contributed by atoms with E-state index in [2.05, 4.69) is 56.2 Å². The number of rotatable bonds is 4. The molecular weight excluding hydrogens is 292 g/mol. The third-order valence-corrected chi connectivity index (χ3v) is 4.07. The Morgan fingerprint density at radius 3 is 2.42 bits per heavy atom. The van der Waals surface area contributed by atoms with Crippen LogP contribution in [0.2, 0.25) is 0 Å². The van der Waals surface area contributed by atoms with E-state index in [0.717, 1.165) is 22.4 Å². The summed E-state index contributed by atoms with van der Waals surface area (Å²) in [5.74, 6) is 3.51. The van der Waals surface area contributed by atoms with E-state index in [9.17, 15) is 0 Å². The number of aryl methyl sites for hydroxylation is 2. The van der Waals surface area contributed by atoms with Crippen LogP contribution >= 0.6 is 0 Å². The molecule has 0 aliphatic carbocycles. The lowest BCUT2D eigenvalue weighted by Crippen LogP contribution is -1.98. The smallest absolute Gasteiger partial charge is 0.128 e. The van der Waals surface area contributed by atoms with E-state index < -0.39 is 0 Å². The lowest BCUT2D eigenvalue weighted by atomic mass is 9.96. The minimum atomic E-state index is 0.521. The summed E-state index contributed by atoms with van der Waals surface area (Å²) < 4.78 is 6.12. The highest BCUT2D eigenvalue weighted by Gasteiger charge is 2.10. The lowest BCUT2D eigenvalue weighted by molar-refractivity contribution is 0.307. The topological polar surface area (TPSA) is 9.23 Å². The minimum absolute atomic E-state index is 0.521. The molecular formula is C23H20O. The van der Waals surface area contributed by atoms with Crippen molar-refractivity contribution < 1.29 is 4.74 Å². The molecule has 0 heterocycles. The van der Waals surface area contributed by atoms with Crippen LogP contribution in [0.4, 0.5) is 0 Å². The van der Waals surface area contributed by atoms with Gasteiger partial charge in [0, 0.05) is 11.1 Å². The van der Waals surface area contributed by atoms with Crippen LogP contribution in [0.3, 0.4) is 0 Å². The Kier molecular flexibility index (Phi) is 4.68. The van der Waals surface area contributed by atoms with E-state index in [1.165, 1.54) is 16.7 Å². The largest absolute Gasteiger partial charge is 0.488 e. The van der Waals surface area contributed by atoms with Gasteiger partial charge in [0.25, 0.3) is 0 Å². The molecule has 0 aromatic heterocycles. The molecule has 0 aliphatic heterocycles. The third-order valence-electron chi connectivity index (χ3n) is 4.07. The van der Waals surface area contributed by atoms with Gasteiger partial charge in [-0.2, -0.15) is 0 Å². The molecule has 0 atom stereocenters. The van der Waals surface area contributed by atoms with Gasteiger partial charge in [-0.05, 0) is 48.7 Å². The molecule has 3 rings (SSSR count). The number of ether oxygens (including phenoxy) is 1. The molecule has 0 fully saturated rings. The molecule has 1 heteroatoms. The fraction of sp³-hybridized carbons (Fsp3) is 0.130. The van der Waals surface area contributed by atoms with Crippen LogP contribution in [-0.4, -0.2) is 0 Å². The van der Waals surface area contributed by atoms with Crippen LogP contribution in [0.1, 0.15) is 22.3 Å². The molecule has 1 nitrogen and oxygen atoms in total. The first-order valence-corrected chi connectivity index (χ1v) is 8.02. The Morgan fingerprint density at radius 2 is 1.67 bits per heavy atom. The summed E-state index contributed by atoms with van der Waals surface area (Å²) in [5, 5.41) is 0. The molecule has 0 saturated heterocycles. The van der Waals surface area contributed by atoms with E-state index in [-0.39, 0.29) is 0 Å². The van der Waals surface area contributed by atoms with Gasteiger partial charge in [-0.15, -0.1) is 6.42 Å². The van der Waals surface area contributed by atoms with Crippen LogP contribution in [0.25, 0.3) is 11.1 Å².